The van der Waals surface area contributed by atoms with E-state index >= 15 is 0 Å². The van der Waals surface area contributed by atoms with Crippen LogP contribution < -0.4 is 5.73 Å². The molecule has 0 radical (unpaired) electrons. The Bertz CT molecular complexity index is 521. The van der Waals surface area contributed by atoms with Gasteiger partial charge in [0.2, 0.25) is 0 Å². The summed E-state index contributed by atoms with van der Waals surface area (Å²) in [5.74, 6) is -0.421. The lowest BCUT2D eigenvalue weighted by molar-refractivity contribution is 0.0527. The van der Waals surface area contributed by atoms with Crippen LogP contribution in [0.4, 0.5) is 5.82 Å². The van der Waals surface area contributed by atoms with Crippen molar-refractivity contribution in [2.45, 2.75) is 20.4 Å². The Morgan fingerprint density at radius 1 is 1.50 bits per heavy atom. The minimum Gasteiger partial charge on any atom is -0.462 e. The first-order valence-electron chi connectivity index (χ1n) is 5.60. The number of nitrogens with zero attached hydrogens (tertiary/aromatic N) is 2. The second-order valence-electron chi connectivity index (χ2n) is 3.62. The number of rotatable bonds is 6. The number of sulfone groups is 1. The lowest BCUT2D eigenvalue weighted by atomic mass is 10.3. The predicted molar refractivity (Wildman–Crippen MR) is 66.9 cm³/mol. The molecule has 1 aromatic heterocycles. The maximum Gasteiger partial charge on any atom is 0.343 e. The van der Waals surface area contributed by atoms with Gasteiger partial charge in [-0.2, -0.15) is 5.10 Å². The van der Waals surface area contributed by atoms with Crippen LogP contribution in [-0.4, -0.2) is 42.3 Å². The highest BCUT2D eigenvalue weighted by molar-refractivity contribution is 7.91. The van der Waals surface area contributed by atoms with E-state index < -0.39 is 15.8 Å². The van der Waals surface area contributed by atoms with Gasteiger partial charge in [0.1, 0.15) is 11.4 Å². The number of nitrogens with two attached hydrogens (primary N) is 1. The van der Waals surface area contributed by atoms with Crippen molar-refractivity contribution in [3.63, 3.8) is 0 Å². The molecule has 0 bridgehead atoms. The number of carbonyl (C=O) groups excluding carboxylic acids is 1. The van der Waals surface area contributed by atoms with Gasteiger partial charge in [0.25, 0.3) is 0 Å². The van der Waals surface area contributed by atoms with Gasteiger partial charge in [0.15, 0.2) is 9.84 Å². The van der Waals surface area contributed by atoms with E-state index in [0.717, 1.165) is 0 Å². The monoisotopic (exact) mass is 275 g/mol. The molecule has 2 N–H and O–H groups in total. The molecule has 18 heavy (non-hydrogen) atoms. The van der Waals surface area contributed by atoms with Crippen molar-refractivity contribution in [1.82, 2.24) is 9.78 Å². The summed E-state index contributed by atoms with van der Waals surface area (Å²) in [4.78, 5) is 11.5. The molecule has 0 saturated heterocycles. The molecule has 0 amide bonds. The number of hydrogen-bond donors (Lipinski definition) is 1. The summed E-state index contributed by atoms with van der Waals surface area (Å²) in [6, 6.07) is 0. The number of carbonyl (C=O) groups is 1. The third-order valence-corrected chi connectivity index (χ3v) is 4.11. The van der Waals surface area contributed by atoms with Gasteiger partial charge < -0.3 is 10.5 Å². The van der Waals surface area contributed by atoms with Crippen LogP contribution in [0.3, 0.4) is 0 Å². The highest BCUT2D eigenvalue weighted by Crippen LogP contribution is 2.12. The average molecular weight is 275 g/mol. The molecule has 0 aromatic carbocycles. The first-order valence-corrected chi connectivity index (χ1v) is 7.42. The molecular formula is C10H17N3O4S. The Hall–Kier alpha value is -1.57. The summed E-state index contributed by atoms with van der Waals surface area (Å²) in [5.41, 5.74) is 5.87. The predicted octanol–water partition coefficient (Wildman–Crippen LogP) is 0.0767. The summed E-state index contributed by atoms with van der Waals surface area (Å²) in [6.45, 7) is 3.63. The van der Waals surface area contributed by atoms with Crippen LogP contribution >= 0.6 is 0 Å². The van der Waals surface area contributed by atoms with Crippen LogP contribution in [0.25, 0.3) is 0 Å². The molecule has 0 atom stereocenters. The van der Waals surface area contributed by atoms with E-state index in [9.17, 15) is 13.2 Å². The fraction of sp³-hybridized carbons (Fsp3) is 0.600. The fourth-order valence-corrected chi connectivity index (χ4v) is 2.05. The highest BCUT2D eigenvalue weighted by Gasteiger charge is 2.17. The van der Waals surface area contributed by atoms with Gasteiger partial charge in [0.05, 0.1) is 25.1 Å². The largest absolute Gasteiger partial charge is 0.462 e. The zero-order chi connectivity index (χ0) is 13.8. The molecule has 1 aromatic rings. The molecular weight excluding hydrogens is 258 g/mol. The number of esters is 1. The smallest absolute Gasteiger partial charge is 0.343 e. The van der Waals surface area contributed by atoms with E-state index in [0.29, 0.717) is 0 Å². The Labute approximate surface area is 106 Å². The van der Waals surface area contributed by atoms with Gasteiger partial charge in [-0.25, -0.2) is 17.9 Å². The van der Waals surface area contributed by atoms with E-state index in [2.05, 4.69) is 5.10 Å². The van der Waals surface area contributed by atoms with Crippen molar-refractivity contribution in [1.29, 1.82) is 0 Å². The van der Waals surface area contributed by atoms with Gasteiger partial charge in [-0.1, -0.05) is 6.92 Å². The molecule has 102 valence electrons. The molecule has 1 heterocycles. The molecule has 0 aliphatic carbocycles. The number of hydrogen-bond acceptors (Lipinski definition) is 6. The third-order valence-electron chi connectivity index (χ3n) is 2.43. The highest BCUT2D eigenvalue weighted by atomic mass is 32.2. The van der Waals surface area contributed by atoms with Gasteiger partial charge in [-0.3, -0.25) is 0 Å². The Balaban J connectivity index is 2.78. The lowest BCUT2D eigenvalue weighted by Gasteiger charge is -2.05. The molecule has 0 fully saturated rings. The minimum atomic E-state index is -3.09. The lowest BCUT2D eigenvalue weighted by Crippen LogP contribution is -2.17. The van der Waals surface area contributed by atoms with Crippen molar-refractivity contribution in [2.24, 2.45) is 0 Å². The summed E-state index contributed by atoms with van der Waals surface area (Å²) in [6.07, 6.45) is 1.28. The van der Waals surface area contributed by atoms with Crippen LogP contribution in [0.5, 0.6) is 0 Å². The maximum absolute atomic E-state index is 11.5. The van der Waals surface area contributed by atoms with Crippen molar-refractivity contribution in [3.05, 3.63) is 11.8 Å². The van der Waals surface area contributed by atoms with Crippen molar-refractivity contribution < 1.29 is 17.9 Å². The Morgan fingerprint density at radius 2 is 2.17 bits per heavy atom. The van der Waals surface area contributed by atoms with Gasteiger partial charge in [-0.15, -0.1) is 0 Å². The van der Waals surface area contributed by atoms with Gasteiger partial charge in [0, 0.05) is 5.75 Å². The van der Waals surface area contributed by atoms with E-state index in [1.54, 1.807) is 13.8 Å². The second kappa shape index (κ2) is 5.85. The second-order valence-corrected chi connectivity index (χ2v) is 6.10. The van der Waals surface area contributed by atoms with E-state index in [-0.39, 0.29) is 36.0 Å². The van der Waals surface area contributed by atoms with Crippen LogP contribution in [0.1, 0.15) is 24.2 Å². The standard InChI is InChI=1S/C10H17N3O4S/c1-3-17-10(14)8-7-12-13(9(8)11)5-6-18(15,16)4-2/h7H,3-6,11H2,1-2H3. The van der Waals surface area contributed by atoms with E-state index in [4.69, 9.17) is 10.5 Å². The normalized spacial score (nSPS) is 11.4. The number of aryl methyl sites for hydroxylation is 1. The van der Waals surface area contributed by atoms with Crippen molar-refractivity contribution >= 4 is 21.6 Å². The molecule has 0 aliphatic heterocycles. The Morgan fingerprint density at radius 3 is 2.72 bits per heavy atom. The molecule has 0 saturated carbocycles. The molecule has 0 unspecified atom stereocenters. The number of nitrogen functional groups attached to an aromatic ring is 1. The number of aromatic nitrogens is 2. The van der Waals surface area contributed by atoms with Crippen LogP contribution in [0.2, 0.25) is 0 Å². The first kappa shape index (κ1) is 14.5. The molecule has 7 nitrogen and oxygen atoms in total. The van der Waals surface area contributed by atoms with Crippen LogP contribution in [0.15, 0.2) is 6.20 Å². The van der Waals surface area contributed by atoms with Crippen LogP contribution in [0, 0.1) is 0 Å². The summed E-state index contributed by atoms with van der Waals surface area (Å²) < 4.78 is 28.8. The van der Waals surface area contributed by atoms with Crippen LogP contribution in [-0.2, 0) is 21.1 Å². The summed E-state index contributed by atoms with van der Waals surface area (Å²) >= 11 is 0. The number of ether oxygens (including phenoxy) is 1. The molecule has 1 rings (SSSR count). The number of anilines is 1. The zero-order valence-electron chi connectivity index (χ0n) is 10.4. The molecule has 0 aliphatic rings. The summed E-state index contributed by atoms with van der Waals surface area (Å²) in [7, 11) is -3.09. The van der Waals surface area contributed by atoms with Gasteiger partial charge >= 0.3 is 5.97 Å². The zero-order valence-corrected chi connectivity index (χ0v) is 11.2. The minimum absolute atomic E-state index is 0.0579. The third kappa shape index (κ3) is 3.46. The van der Waals surface area contributed by atoms with Crippen molar-refractivity contribution in [3.8, 4) is 0 Å². The fourth-order valence-electron chi connectivity index (χ4n) is 1.31. The summed E-state index contributed by atoms with van der Waals surface area (Å²) in [5, 5.41) is 3.88. The van der Waals surface area contributed by atoms with Gasteiger partial charge in [-0.05, 0) is 6.92 Å². The maximum atomic E-state index is 11.5. The topological polar surface area (TPSA) is 104 Å². The Kier molecular flexibility index (Phi) is 4.71. The van der Waals surface area contributed by atoms with Crippen molar-refractivity contribution in [2.75, 3.05) is 23.8 Å². The molecule has 0 spiro atoms. The average Bonchev–Trinajstić information content (AvgIpc) is 2.69. The van der Waals surface area contributed by atoms with E-state index in [1.807, 2.05) is 0 Å². The van der Waals surface area contributed by atoms with E-state index in [1.165, 1.54) is 10.9 Å². The SMILES string of the molecule is CCOC(=O)c1cnn(CCS(=O)(=O)CC)c1N. The molecule has 8 heteroatoms. The first-order chi connectivity index (χ1) is 8.41. The quantitative estimate of drug-likeness (QED) is 0.737.